The topological polar surface area (TPSA) is 37.4 Å². The second-order valence-electron chi connectivity index (χ2n) is 4.93. The van der Waals surface area contributed by atoms with Gasteiger partial charge in [0.2, 0.25) is 0 Å². The highest BCUT2D eigenvalue weighted by atomic mass is 79.9. The van der Waals surface area contributed by atoms with E-state index >= 15 is 0 Å². The quantitative estimate of drug-likeness (QED) is 0.799. The molecule has 0 saturated carbocycles. The van der Waals surface area contributed by atoms with E-state index in [-0.39, 0.29) is 23.8 Å². The van der Waals surface area contributed by atoms with Crippen LogP contribution in [0, 0.1) is 0 Å². The maximum absolute atomic E-state index is 12.3. The third-order valence-electron chi connectivity index (χ3n) is 3.03. The van der Waals surface area contributed by atoms with Gasteiger partial charge in [-0.2, -0.15) is 0 Å². The number of Topliss-reactive ketones (excluding diaryl/α,β-unsaturated/α-hetero) is 1. The number of nitrogens with zero attached hydrogens (tertiary/aromatic N) is 1. The molecule has 1 fully saturated rings. The van der Waals surface area contributed by atoms with Gasteiger partial charge in [0.25, 0.3) is 5.91 Å². The average molecular weight is 296 g/mol. The Balaban J connectivity index is 2.26. The maximum Gasteiger partial charge on any atom is 0.254 e. The molecule has 0 radical (unpaired) electrons. The van der Waals surface area contributed by atoms with Crippen molar-refractivity contribution in [2.75, 3.05) is 6.54 Å². The molecule has 1 aromatic carbocycles. The number of benzene rings is 1. The van der Waals surface area contributed by atoms with Gasteiger partial charge in [-0.1, -0.05) is 15.9 Å². The SMILES string of the molecule is CC1(C)CC(=O)CN1C(=O)c1ccc(Br)cc1. The number of ketones is 1. The molecule has 1 aliphatic rings. The molecule has 1 aliphatic heterocycles. The fraction of sp³-hybridized carbons (Fsp3) is 0.385. The number of rotatable bonds is 1. The molecule has 2 rings (SSSR count). The van der Waals surface area contributed by atoms with Crippen molar-refractivity contribution in [3.8, 4) is 0 Å². The summed E-state index contributed by atoms with van der Waals surface area (Å²) in [7, 11) is 0. The highest BCUT2D eigenvalue weighted by Gasteiger charge is 2.40. The van der Waals surface area contributed by atoms with E-state index in [1.165, 1.54) is 0 Å². The van der Waals surface area contributed by atoms with E-state index in [1.54, 1.807) is 17.0 Å². The lowest BCUT2D eigenvalue weighted by Crippen LogP contribution is -2.42. The Morgan fingerprint density at radius 3 is 2.35 bits per heavy atom. The van der Waals surface area contributed by atoms with Crippen LogP contribution in [-0.4, -0.2) is 28.7 Å². The summed E-state index contributed by atoms with van der Waals surface area (Å²) in [4.78, 5) is 25.4. The Kier molecular flexibility index (Phi) is 3.08. The predicted molar refractivity (Wildman–Crippen MR) is 68.9 cm³/mol. The highest BCUT2D eigenvalue weighted by molar-refractivity contribution is 9.10. The van der Waals surface area contributed by atoms with Crippen LogP contribution < -0.4 is 0 Å². The Bertz CT molecular complexity index is 465. The van der Waals surface area contributed by atoms with Crippen molar-refractivity contribution in [1.29, 1.82) is 0 Å². The van der Waals surface area contributed by atoms with Crippen LogP contribution in [0.4, 0.5) is 0 Å². The van der Waals surface area contributed by atoms with Crippen molar-refractivity contribution in [3.05, 3.63) is 34.3 Å². The molecule has 0 aromatic heterocycles. The second-order valence-corrected chi connectivity index (χ2v) is 5.84. The smallest absolute Gasteiger partial charge is 0.254 e. The monoisotopic (exact) mass is 295 g/mol. The van der Waals surface area contributed by atoms with Gasteiger partial charge in [0, 0.05) is 22.0 Å². The fourth-order valence-corrected chi connectivity index (χ4v) is 2.38. The predicted octanol–water partition coefficient (Wildman–Crippen LogP) is 2.64. The van der Waals surface area contributed by atoms with Gasteiger partial charge in [-0.25, -0.2) is 0 Å². The summed E-state index contributed by atoms with van der Waals surface area (Å²) in [6, 6.07) is 7.20. The van der Waals surface area contributed by atoms with Crippen molar-refractivity contribution in [2.45, 2.75) is 25.8 Å². The van der Waals surface area contributed by atoms with Crippen LogP contribution in [-0.2, 0) is 4.79 Å². The number of halogens is 1. The van der Waals surface area contributed by atoms with Gasteiger partial charge in [0.1, 0.15) is 0 Å². The van der Waals surface area contributed by atoms with Crippen LogP contribution in [0.2, 0.25) is 0 Å². The molecule has 0 unspecified atom stereocenters. The van der Waals surface area contributed by atoms with Gasteiger partial charge in [-0.3, -0.25) is 9.59 Å². The lowest BCUT2D eigenvalue weighted by molar-refractivity contribution is -0.116. The zero-order valence-electron chi connectivity index (χ0n) is 9.87. The first-order valence-electron chi connectivity index (χ1n) is 5.49. The van der Waals surface area contributed by atoms with E-state index in [0.717, 1.165) is 4.47 Å². The van der Waals surface area contributed by atoms with Crippen molar-refractivity contribution in [3.63, 3.8) is 0 Å². The molecule has 0 aliphatic carbocycles. The van der Waals surface area contributed by atoms with Gasteiger partial charge < -0.3 is 4.90 Å². The number of hydrogen-bond acceptors (Lipinski definition) is 2. The van der Waals surface area contributed by atoms with Gasteiger partial charge in [-0.05, 0) is 38.1 Å². The zero-order chi connectivity index (χ0) is 12.6. The maximum atomic E-state index is 12.3. The molecule has 0 bridgehead atoms. The molecule has 0 spiro atoms. The fourth-order valence-electron chi connectivity index (χ4n) is 2.12. The normalized spacial score (nSPS) is 18.5. The van der Waals surface area contributed by atoms with Crippen molar-refractivity contribution >= 4 is 27.6 Å². The van der Waals surface area contributed by atoms with E-state index in [9.17, 15) is 9.59 Å². The lowest BCUT2D eigenvalue weighted by atomic mass is 10.0. The van der Waals surface area contributed by atoms with E-state index in [4.69, 9.17) is 0 Å². The van der Waals surface area contributed by atoms with Gasteiger partial charge in [0.05, 0.1) is 6.54 Å². The van der Waals surface area contributed by atoms with Crippen molar-refractivity contribution < 1.29 is 9.59 Å². The summed E-state index contributed by atoms with van der Waals surface area (Å²) in [5.74, 6) is 0.0498. The minimum atomic E-state index is -0.374. The number of hydrogen-bond donors (Lipinski definition) is 0. The van der Waals surface area contributed by atoms with Gasteiger partial charge in [-0.15, -0.1) is 0 Å². The van der Waals surface area contributed by atoms with Gasteiger partial charge >= 0.3 is 0 Å². The second kappa shape index (κ2) is 4.26. The third kappa shape index (κ3) is 2.41. The molecule has 4 heteroatoms. The number of carbonyl (C=O) groups excluding carboxylic acids is 2. The minimum absolute atomic E-state index is 0.0756. The van der Waals surface area contributed by atoms with E-state index in [2.05, 4.69) is 15.9 Å². The van der Waals surface area contributed by atoms with Crippen molar-refractivity contribution in [2.24, 2.45) is 0 Å². The average Bonchev–Trinajstić information content (AvgIpc) is 2.52. The van der Waals surface area contributed by atoms with Crippen LogP contribution in [0.25, 0.3) is 0 Å². The number of amides is 1. The molecule has 3 nitrogen and oxygen atoms in total. The Labute approximate surface area is 109 Å². The molecule has 17 heavy (non-hydrogen) atoms. The van der Waals surface area contributed by atoms with Gasteiger partial charge in [0.15, 0.2) is 5.78 Å². The molecule has 0 N–H and O–H groups in total. The van der Waals surface area contributed by atoms with Crippen LogP contribution in [0.15, 0.2) is 28.7 Å². The van der Waals surface area contributed by atoms with Crippen LogP contribution in [0.3, 0.4) is 0 Å². The van der Waals surface area contributed by atoms with Crippen molar-refractivity contribution in [1.82, 2.24) is 4.90 Å². The first-order chi connectivity index (χ1) is 7.90. The summed E-state index contributed by atoms with van der Waals surface area (Å²) >= 11 is 3.33. The van der Waals surface area contributed by atoms with E-state index in [1.807, 2.05) is 26.0 Å². The Hall–Kier alpha value is -1.16. The summed E-state index contributed by atoms with van der Waals surface area (Å²) in [5, 5.41) is 0. The minimum Gasteiger partial charge on any atom is -0.326 e. The molecule has 1 aromatic rings. The van der Waals surface area contributed by atoms with Crippen LogP contribution in [0.1, 0.15) is 30.6 Å². The molecule has 90 valence electrons. The van der Waals surface area contributed by atoms with Crippen LogP contribution in [0.5, 0.6) is 0 Å². The number of likely N-dealkylation sites (tertiary alicyclic amines) is 1. The summed E-state index contributed by atoms with van der Waals surface area (Å²) < 4.78 is 0.936. The number of carbonyl (C=O) groups is 2. The van der Waals surface area contributed by atoms with Crippen LogP contribution >= 0.6 is 15.9 Å². The highest BCUT2D eigenvalue weighted by Crippen LogP contribution is 2.28. The summed E-state index contributed by atoms with van der Waals surface area (Å²) in [5.41, 5.74) is 0.248. The summed E-state index contributed by atoms with van der Waals surface area (Å²) in [6.07, 6.45) is 0.440. The largest absolute Gasteiger partial charge is 0.326 e. The first kappa shape index (κ1) is 12.3. The third-order valence-corrected chi connectivity index (χ3v) is 3.56. The molecule has 1 amide bonds. The first-order valence-corrected chi connectivity index (χ1v) is 6.29. The molecular formula is C13H14BrNO2. The zero-order valence-corrected chi connectivity index (χ0v) is 11.5. The molecular weight excluding hydrogens is 282 g/mol. The Morgan fingerprint density at radius 2 is 1.88 bits per heavy atom. The van der Waals surface area contributed by atoms with E-state index < -0.39 is 0 Å². The van der Waals surface area contributed by atoms with E-state index in [0.29, 0.717) is 12.0 Å². The summed E-state index contributed by atoms with van der Waals surface area (Å²) in [6.45, 7) is 4.07. The molecule has 0 atom stereocenters. The Morgan fingerprint density at radius 1 is 1.29 bits per heavy atom. The molecule has 1 heterocycles. The molecule has 1 saturated heterocycles. The lowest BCUT2D eigenvalue weighted by Gasteiger charge is -2.30. The standard InChI is InChI=1S/C13H14BrNO2/c1-13(2)7-11(16)8-15(13)12(17)9-3-5-10(14)6-4-9/h3-6H,7-8H2,1-2H3.